The number of para-hydroxylation sites is 1. The van der Waals surface area contributed by atoms with Crippen LogP contribution in [0.15, 0.2) is 79.0 Å². The second-order valence-electron chi connectivity index (χ2n) is 10.2. The molecule has 1 N–H and O–H groups in total. The van der Waals surface area contributed by atoms with Crippen molar-refractivity contribution in [2.45, 2.75) is 46.1 Å². The van der Waals surface area contributed by atoms with Crippen LogP contribution in [0.3, 0.4) is 0 Å². The molecule has 4 aromatic rings. The fraction of sp³-hybridized carbons (Fsp3) is 0.353. The molecule has 0 spiro atoms. The van der Waals surface area contributed by atoms with Crippen LogP contribution < -0.4 is 9.47 Å². The fourth-order valence-corrected chi connectivity index (χ4v) is 4.90. The van der Waals surface area contributed by atoms with Gasteiger partial charge in [0.15, 0.2) is 0 Å². The van der Waals surface area contributed by atoms with E-state index in [4.69, 9.17) is 9.47 Å². The molecule has 0 unspecified atom stereocenters. The summed E-state index contributed by atoms with van der Waals surface area (Å²) >= 11 is 0. The molecule has 1 heterocycles. The second-order valence-corrected chi connectivity index (χ2v) is 10.2. The van der Waals surface area contributed by atoms with Crippen LogP contribution in [0.4, 0.5) is 0 Å². The van der Waals surface area contributed by atoms with E-state index in [1.54, 1.807) is 12.0 Å². The van der Waals surface area contributed by atoms with Crippen LogP contribution in [0.1, 0.15) is 43.4 Å². The van der Waals surface area contributed by atoms with Crippen LogP contribution in [0.25, 0.3) is 10.9 Å². The third-order valence-corrected chi connectivity index (χ3v) is 7.26. The predicted molar refractivity (Wildman–Crippen MR) is 163 cm³/mol. The van der Waals surface area contributed by atoms with E-state index in [0.717, 1.165) is 41.0 Å². The molecule has 7 heteroatoms. The van der Waals surface area contributed by atoms with Crippen LogP contribution in [0.5, 0.6) is 11.5 Å². The van der Waals surface area contributed by atoms with Crippen LogP contribution in [-0.4, -0.2) is 59.9 Å². The molecule has 1 aromatic heterocycles. The van der Waals surface area contributed by atoms with Gasteiger partial charge in [-0.25, -0.2) is 0 Å². The first-order chi connectivity index (χ1) is 20.0. The Morgan fingerprint density at radius 3 is 2.22 bits per heavy atom. The van der Waals surface area contributed by atoms with E-state index in [1.807, 2.05) is 78.7 Å². The van der Waals surface area contributed by atoms with Crippen LogP contribution >= 0.6 is 0 Å². The first kappa shape index (κ1) is 29.7. The number of carbonyl (C=O) groups is 2. The molecular formula is C34H41N3O4. The fourth-order valence-electron chi connectivity index (χ4n) is 4.90. The minimum atomic E-state index is -0.0575. The van der Waals surface area contributed by atoms with Gasteiger partial charge in [-0.05, 0) is 66.8 Å². The molecule has 0 saturated heterocycles. The molecule has 4 rings (SSSR count). The number of ether oxygens (including phenoxy) is 2. The molecule has 0 aliphatic heterocycles. The third-order valence-electron chi connectivity index (χ3n) is 7.26. The molecule has 0 aliphatic carbocycles. The van der Waals surface area contributed by atoms with Crippen molar-refractivity contribution in [1.82, 2.24) is 14.8 Å². The van der Waals surface area contributed by atoms with E-state index in [-0.39, 0.29) is 24.8 Å². The van der Waals surface area contributed by atoms with Gasteiger partial charge in [0, 0.05) is 36.7 Å². The van der Waals surface area contributed by atoms with Crippen molar-refractivity contribution in [1.29, 1.82) is 0 Å². The smallest absolute Gasteiger partial charge is 0.242 e. The van der Waals surface area contributed by atoms with Crippen molar-refractivity contribution in [2.75, 3.05) is 33.4 Å². The maximum atomic E-state index is 13.8. The summed E-state index contributed by atoms with van der Waals surface area (Å²) in [5.41, 5.74) is 4.17. The quantitative estimate of drug-likeness (QED) is 0.195. The average molecular weight is 556 g/mol. The lowest BCUT2D eigenvalue weighted by atomic mass is 10.1. The summed E-state index contributed by atoms with van der Waals surface area (Å²) in [5.74, 6) is 1.45. The van der Waals surface area contributed by atoms with Crippen molar-refractivity contribution >= 4 is 22.7 Å². The molecule has 3 aromatic carbocycles. The van der Waals surface area contributed by atoms with Gasteiger partial charge in [-0.15, -0.1) is 0 Å². The number of carbonyl (C=O) groups excluding carboxylic acids is 2. The number of amides is 2. The monoisotopic (exact) mass is 555 g/mol. The molecule has 0 fully saturated rings. The summed E-state index contributed by atoms with van der Waals surface area (Å²) in [6, 6.07) is 23.6. The number of nitrogens with zero attached hydrogens (tertiary/aromatic N) is 2. The van der Waals surface area contributed by atoms with Gasteiger partial charge in [-0.3, -0.25) is 9.59 Å². The molecule has 216 valence electrons. The lowest BCUT2D eigenvalue weighted by Crippen LogP contribution is -2.44. The number of benzene rings is 3. The molecule has 7 nitrogen and oxygen atoms in total. The number of fused-ring (bicyclic) bond motifs is 1. The number of aromatic nitrogens is 1. The van der Waals surface area contributed by atoms with Gasteiger partial charge < -0.3 is 24.3 Å². The summed E-state index contributed by atoms with van der Waals surface area (Å²) in [7, 11) is 1.62. The van der Waals surface area contributed by atoms with E-state index < -0.39 is 0 Å². The Morgan fingerprint density at radius 1 is 0.805 bits per heavy atom. The Labute approximate surface area is 243 Å². The van der Waals surface area contributed by atoms with E-state index in [1.165, 1.54) is 10.9 Å². The Kier molecular flexibility index (Phi) is 10.8. The van der Waals surface area contributed by atoms with E-state index in [0.29, 0.717) is 32.7 Å². The first-order valence-electron chi connectivity index (χ1n) is 14.5. The molecule has 2 amide bonds. The number of H-pyrrole nitrogens is 1. The zero-order chi connectivity index (χ0) is 29.0. The highest BCUT2D eigenvalue weighted by Crippen LogP contribution is 2.20. The maximum Gasteiger partial charge on any atom is 0.242 e. The highest BCUT2D eigenvalue weighted by atomic mass is 16.5. The Hall–Kier alpha value is -4.26. The normalized spacial score (nSPS) is 10.9. The van der Waals surface area contributed by atoms with Gasteiger partial charge in [0.05, 0.1) is 26.7 Å². The summed E-state index contributed by atoms with van der Waals surface area (Å²) in [6.45, 7) is 6.26. The SMILES string of the molecule is CCCCN(CC(=O)N(CCc1c[nH]c2ccccc12)Cc1ccc(OCC)cc1)C(=O)Cc1ccc(OC)cc1. The van der Waals surface area contributed by atoms with Crippen molar-refractivity contribution < 1.29 is 19.1 Å². The first-order valence-corrected chi connectivity index (χ1v) is 14.5. The van der Waals surface area contributed by atoms with Crippen LogP contribution in [0.2, 0.25) is 0 Å². The number of methoxy groups -OCH3 is 1. The second kappa shape index (κ2) is 14.9. The summed E-state index contributed by atoms with van der Waals surface area (Å²) in [4.78, 5) is 34.1. The molecule has 0 radical (unpaired) electrons. The summed E-state index contributed by atoms with van der Waals surface area (Å²) in [5, 5.41) is 1.17. The Bertz CT molecular complexity index is 1400. The molecule has 0 saturated carbocycles. The van der Waals surface area contributed by atoms with Gasteiger partial charge >= 0.3 is 0 Å². The van der Waals surface area contributed by atoms with Gasteiger partial charge in [0.25, 0.3) is 0 Å². The molecular weight excluding hydrogens is 514 g/mol. The number of aromatic amines is 1. The standard InChI is InChI=1S/C34H41N3O4/c1-4-6-20-36(33(38)22-26-11-15-29(40-3)16-12-26)25-34(39)37(24-27-13-17-30(18-14-27)41-5-2)21-19-28-23-35-32-10-8-7-9-31(28)32/h7-18,23,35H,4-6,19-22,24-25H2,1-3H3. The minimum absolute atomic E-state index is 0.0467. The van der Waals surface area contributed by atoms with E-state index >= 15 is 0 Å². The van der Waals surface area contributed by atoms with Gasteiger partial charge in [-0.1, -0.05) is 55.8 Å². The van der Waals surface area contributed by atoms with Crippen molar-refractivity contribution in [3.8, 4) is 11.5 Å². The van der Waals surface area contributed by atoms with Crippen molar-refractivity contribution in [2.24, 2.45) is 0 Å². The number of rotatable bonds is 15. The Balaban J connectivity index is 1.50. The molecule has 0 aliphatic rings. The number of nitrogens with one attached hydrogen (secondary N) is 1. The average Bonchev–Trinajstić information content (AvgIpc) is 3.41. The van der Waals surface area contributed by atoms with Crippen LogP contribution in [0, 0.1) is 0 Å². The van der Waals surface area contributed by atoms with Crippen LogP contribution in [-0.2, 0) is 29.0 Å². The van der Waals surface area contributed by atoms with Crippen molar-refractivity contribution in [3.05, 3.63) is 95.7 Å². The largest absolute Gasteiger partial charge is 0.497 e. The lowest BCUT2D eigenvalue weighted by Gasteiger charge is -2.28. The highest BCUT2D eigenvalue weighted by Gasteiger charge is 2.22. The summed E-state index contributed by atoms with van der Waals surface area (Å²) < 4.78 is 10.8. The number of hydrogen-bond acceptors (Lipinski definition) is 4. The summed E-state index contributed by atoms with van der Waals surface area (Å²) in [6.07, 6.45) is 4.76. The Morgan fingerprint density at radius 2 is 1.51 bits per heavy atom. The zero-order valence-electron chi connectivity index (χ0n) is 24.4. The van der Waals surface area contributed by atoms with Gasteiger partial charge in [-0.2, -0.15) is 0 Å². The third kappa shape index (κ3) is 8.37. The number of unbranched alkanes of at least 4 members (excludes halogenated alkanes) is 1. The molecule has 0 atom stereocenters. The minimum Gasteiger partial charge on any atom is -0.497 e. The van der Waals surface area contributed by atoms with E-state index in [2.05, 4.69) is 24.0 Å². The van der Waals surface area contributed by atoms with Gasteiger partial charge in [0.1, 0.15) is 11.5 Å². The highest BCUT2D eigenvalue weighted by molar-refractivity contribution is 5.86. The number of hydrogen-bond donors (Lipinski definition) is 1. The van der Waals surface area contributed by atoms with Crippen molar-refractivity contribution in [3.63, 3.8) is 0 Å². The van der Waals surface area contributed by atoms with E-state index in [9.17, 15) is 9.59 Å². The topological polar surface area (TPSA) is 74.9 Å². The predicted octanol–water partition coefficient (Wildman–Crippen LogP) is 6.02. The zero-order valence-corrected chi connectivity index (χ0v) is 24.4. The maximum absolute atomic E-state index is 13.8. The lowest BCUT2D eigenvalue weighted by molar-refractivity contribution is -0.140. The molecule has 41 heavy (non-hydrogen) atoms. The molecule has 0 bridgehead atoms. The van der Waals surface area contributed by atoms with Gasteiger partial charge in [0.2, 0.25) is 11.8 Å².